The highest BCUT2D eigenvalue weighted by Gasteiger charge is 2.07. The molecule has 0 aromatic heterocycles. The Kier molecular flexibility index (Phi) is 8.10. The number of rotatable bonds is 6. The molecule has 0 bridgehead atoms. The van der Waals surface area contributed by atoms with Gasteiger partial charge in [-0.2, -0.15) is 0 Å². The molecule has 0 aromatic carbocycles. The Labute approximate surface area is 88.5 Å². The Balaban J connectivity index is 3.99. The predicted octanol–water partition coefficient (Wildman–Crippen LogP) is 3.06. The number of esters is 1. The highest BCUT2D eigenvalue weighted by atomic mass is 79.9. The van der Waals surface area contributed by atoms with Crippen LogP contribution in [0.3, 0.4) is 0 Å². The first kappa shape index (κ1) is 12.7. The van der Waals surface area contributed by atoms with Gasteiger partial charge >= 0.3 is 5.97 Å². The van der Waals surface area contributed by atoms with Crippen molar-refractivity contribution in [1.29, 1.82) is 0 Å². The summed E-state index contributed by atoms with van der Waals surface area (Å²) >= 11 is 3.27. The van der Waals surface area contributed by atoms with Crippen molar-refractivity contribution in [3.8, 4) is 0 Å². The van der Waals surface area contributed by atoms with Crippen LogP contribution < -0.4 is 0 Å². The van der Waals surface area contributed by atoms with Gasteiger partial charge in [0.1, 0.15) is 0 Å². The molecular weight excluding hydrogens is 232 g/mol. The van der Waals surface area contributed by atoms with Gasteiger partial charge in [0.25, 0.3) is 0 Å². The standard InChI is InChI=1S/C10H17BrO2/c1-3-5-6-7-9(8-11)10(12)13-4-2/h7H,3-6,8H2,1-2H3. The Morgan fingerprint density at radius 1 is 1.46 bits per heavy atom. The van der Waals surface area contributed by atoms with E-state index in [1.54, 1.807) is 0 Å². The Morgan fingerprint density at radius 3 is 2.62 bits per heavy atom. The molecule has 0 saturated heterocycles. The first-order chi connectivity index (χ1) is 6.26. The van der Waals surface area contributed by atoms with Gasteiger partial charge in [-0.1, -0.05) is 41.8 Å². The maximum absolute atomic E-state index is 11.2. The number of ether oxygens (including phenoxy) is 1. The second kappa shape index (κ2) is 8.30. The van der Waals surface area contributed by atoms with Gasteiger partial charge in [-0.25, -0.2) is 4.79 Å². The zero-order chi connectivity index (χ0) is 10.1. The highest BCUT2D eigenvalue weighted by Crippen LogP contribution is 2.06. The van der Waals surface area contributed by atoms with Crippen molar-refractivity contribution in [2.24, 2.45) is 0 Å². The van der Waals surface area contributed by atoms with E-state index >= 15 is 0 Å². The van der Waals surface area contributed by atoms with E-state index in [0.717, 1.165) is 24.8 Å². The molecule has 0 aliphatic rings. The maximum Gasteiger partial charge on any atom is 0.334 e. The summed E-state index contributed by atoms with van der Waals surface area (Å²) in [7, 11) is 0. The average Bonchev–Trinajstić information content (AvgIpc) is 2.13. The van der Waals surface area contributed by atoms with E-state index in [4.69, 9.17) is 4.74 Å². The number of hydrogen-bond donors (Lipinski definition) is 0. The number of halogens is 1. The number of alkyl halides is 1. The topological polar surface area (TPSA) is 26.3 Å². The quantitative estimate of drug-likeness (QED) is 0.313. The lowest BCUT2D eigenvalue weighted by Gasteiger charge is -2.02. The van der Waals surface area contributed by atoms with E-state index in [2.05, 4.69) is 22.9 Å². The second-order valence-electron chi connectivity index (χ2n) is 2.73. The summed E-state index contributed by atoms with van der Waals surface area (Å²) in [5, 5.41) is 0.579. The number of carbonyl (C=O) groups is 1. The van der Waals surface area contributed by atoms with Crippen LogP contribution >= 0.6 is 15.9 Å². The fourth-order valence-corrected chi connectivity index (χ4v) is 1.35. The molecule has 0 aromatic rings. The summed E-state index contributed by atoms with van der Waals surface area (Å²) in [6.45, 7) is 4.39. The monoisotopic (exact) mass is 248 g/mol. The molecule has 0 aliphatic carbocycles. The van der Waals surface area contributed by atoms with Gasteiger partial charge in [0.15, 0.2) is 0 Å². The van der Waals surface area contributed by atoms with Crippen molar-refractivity contribution in [2.45, 2.75) is 33.1 Å². The molecule has 0 N–H and O–H groups in total. The predicted molar refractivity (Wildman–Crippen MR) is 58.0 cm³/mol. The van der Waals surface area contributed by atoms with E-state index in [-0.39, 0.29) is 5.97 Å². The third kappa shape index (κ3) is 5.86. The minimum atomic E-state index is -0.199. The van der Waals surface area contributed by atoms with Crippen LogP contribution in [0, 0.1) is 0 Å². The summed E-state index contributed by atoms with van der Waals surface area (Å²) in [5.41, 5.74) is 0.732. The summed E-state index contributed by atoms with van der Waals surface area (Å²) < 4.78 is 4.89. The molecule has 3 heteroatoms. The molecule has 0 amide bonds. The van der Waals surface area contributed by atoms with E-state index in [1.807, 2.05) is 13.0 Å². The maximum atomic E-state index is 11.2. The molecule has 13 heavy (non-hydrogen) atoms. The van der Waals surface area contributed by atoms with Crippen molar-refractivity contribution in [3.63, 3.8) is 0 Å². The Morgan fingerprint density at radius 2 is 2.15 bits per heavy atom. The lowest BCUT2D eigenvalue weighted by molar-refractivity contribution is -0.138. The molecule has 0 atom stereocenters. The van der Waals surface area contributed by atoms with Crippen LogP contribution in [0.25, 0.3) is 0 Å². The van der Waals surface area contributed by atoms with Gasteiger partial charge < -0.3 is 4.74 Å². The molecule has 0 radical (unpaired) electrons. The van der Waals surface area contributed by atoms with Crippen LogP contribution in [0.4, 0.5) is 0 Å². The normalized spacial score (nSPS) is 11.5. The Hall–Kier alpha value is -0.310. The number of carbonyl (C=O) groups excluding carboxylic acids is 1. The summed E-state index contributed by atoms with van der Waals surface area (Å²) in [5.74, 6) is -0.199. The van der Waals surface area contributed by atoms with E-state index in [1.165, 1.54) is 0 Å². The lowest BCUT2D eigenvalue weighted by atomic mass is 10.2. The fraction of sp³-hybridized carbons (Fsp3) is 0.700. The van der Waals surface area contributed by atoms with Gasteiger partial charge in [0, 0.05) is 10.9 Å². The molecule has 0 rings (SSSR count). The van der Waals surface area contributed by atoms with Crippen LogP contribution in [0.1, 0.15) is 33.1 Å². The van der Waals surface area contributed by atoms with Gasteiger partial charge in [0.05, 0.1) is 6.61 Å². The SMILES string of the molecule is CCCCC=C(CBr)C(=O)OCC. The molecule has 0 saturated carbocycles. The highest BCUT2D eigenvalue weighted by molar-refractivity contribution is 9.09. The molecule has 0 fully saturated rings. The molecule has 0 spiro atoms. The minimum Gasteiger partial charge on any atom is -0.463 e. The molecule has 0 aliphatic heterocycles. The molecule has 0 heterocycles. The van der Waals surface area contributed by atoms with E-state index in [0.29, 0.717) is 11.9 Å². The number of unbranched alkanes of at least 4 members (excludes halogenated alkanes) is 2. The third-order valence-corrected chi connectivity index (χ3v) is 2.23. The van der Waals surface area contributed by atoms with Gasteiger partial charge in [-0.05, 0) is 13.3 Å². The fourth-order valence-electron chi connectivity index (χ4n) is 0.897. The first-order valence-corrected chi connectivity index (χ1v) is 5.80. The zero-order valence-corrected chi connectivity index (χ0v) is 9.89. The van der Waals surface area contributed by atoms with Gasteiger partial charge in [-0.15, -0.1) is 0 Å². The second-order valence-corrected chi connectivity index (χ2v) is 3.29. The van der Waals surface area contributed by atoms with Crippen molar-refractivity contribution in [2.75, 3.05) is 11.9 Å². The molecule has 0 unspecified atom stereocenters. The van der Waals surface area contributed by atoms with Crippen LogP contribution in [0.5, 0.6) is 0 Å². The third-order valence-electron chi connectivity index (χ3n) is 1.63. The first-order valence-electron chi connectivity index (χ1n) is 4.68. The smallest absolute Gasteiger partial charge is 0.334 e. The van der Waals surface area contributed by atoms with E-state index in [9.17, 15) is 4.79 Å². The summed E-state index contributed by atoms with van der Waals surface area (Å²) in [6.07, 6.45) is 5.18. The Bertz CT molecular complexity index is 176. The minimum absolute atomic E-state index is 0.199. The van der Waals surface area contributed by atoms with Crippen LogP contribution in [0.2, 0.25) is 0 Å². The van der Waals surface area contributed by atoms with Crippen molar-refractivity contribution < 1.29 is 9.53 Å². The van der Waals surface area contributed by atoms with Crippen LogP contribution in [0.15, 0.2) is 11.6 Å². The lowest BCUT2D eigenvalue weighted by Crippen LogP contribution is -2.08. The molecule has 2 nitrogen and oxygen atoms in total. The van der Waals surface area contributed by atoms with Gasteiger partial charge in [0.2, 0.25) is 0 Å². The summed E-state index contributed by atoms with van der Waals surface area (Å²) in [4.78, 5) is 11.2. The van der Waals surface area contributed by atoms with Crippen LogP contribution in [-0.4, -0.2) is 17.9 Å². The number of hydrogen-bond acceptors (Lipinski definition) is 2. The molecule has 76 valence electrons. The van der Waals surface area contributed by atoms with Crippen molar-refractivity contribution in [3.05, 3.63) is 11.6 Å². The average molecular weight is 249 g/mol. The van der Waals surface area contributed by atoms with Crippen molar-refractivity contribution in [1.82, 2.24) is 0 Å². The molecular formula is C10H17BrO2. The largest absolute Gasteiger partial charge is 0.463 e. The zero-order valence-electron chi connectivity index (χ0n) is 8.31. The van der Waals surface area contributed by atoms with Gasteiger partial charge in [-0.3, -0.25) is 0 Å². The summed E-state index contributed by atoms with van der Waals surface area (Å²) in [6, 6.07) is 0. The van der Waals surface area contributed by atoms with Crippen molar-refractivity contribution >= 4 is 21.9 Å². The van der Waals surface area contributed by atoms with E-state index < -0.39 is 0 Å². The number of allylic oxidation sites excluding steroid dienone is 1. The van der Waals surface area contributed by atoms with Crippen LogP contribution in [-0.2, 0) is 9.53 Å².